The maximum atomic E-state index is 13.2. The zero-order valence-corrected chi connectivity index (χ0v) is 11.1. The number of alkyl halides is 2. The van der Waals surface area contributed by atoms with E-state index in [0.29, 0.717) is 18.6 Å². The maximum Gasteiger partial charge on any atom is 0.411 e. The van der Waals surface area contributed by atoms with Gasteiger partial charge in [-0.15, -0.1) is 0 Å². The monoisotopic (exact) mass is 286 g/mol. The predicted molar refractivity (Wildman–Crippen MR) is 67.2 cm³/mol. The minimum absolute atomic E-state index is 0.0271. The Morgan fingerprint density at radius 2 is 2.10 bits per heavy atom. The smallest absolute Gasteiger partial charge is 0.411 e. The van der Waals surface area contributed by atoms with Gasteiger partial charge in [0.15, 0.2) is 0 Å². The third kappa shape index (κ3) is 3.34. The number of nitrogens with two attached hydrogens (primary N) is 1. The van der Waals surface area contributed by atoms with Gasteiger partial charge in [0.1, 0.15) is 5.75 Å². The molecule has 0 bridgehead atoms. The highest BCUT2D eigenvalue weighted by molar-refractivity contribution is 5.67. The first-order valence-electron chi connectivity index (χ1n) is 6.30. The molecule has 1 saturated carbocycles. The lowest BCUT2D eigenvalue weighted by Gasteiger charge is -2.29. The van der Waals surface area contributed by atoms with Gasteiger partial charge in [-0.1, -0.05) is 0 Å². The van der Waals surface area contributed by atoms with Crippen molar-refractivity contribution in [1.29, 1.82) is 0 Å². The molecule has 1 heterocycles. The summed E-state index contributed by atoms with van der Waals surface area (Å²) in [6.45, 7) is 0. The van der Waals surface area contributed by atoms with Crippen LogP contribution in [0.1, 0.15) is 37.2 Å². The summed E-state index contributed by atoms with van der Waals surface area (Å²) in [4.78, 5) is 14.6. The molecule has 0 spiro atoms. The Balaban J connectivity index is 2.17. The van der Waals surface area contributed by atoms with Gasteiger partial charge in [0, 0.05) is 30.7 Å². The number of amides is 1. The van der Waals surface area contributed by atoms with Crippen molar-refractivity contribution < 1.29 is 23.0 Å². The average molecular weight is 286 g/mol. The number of ether oxygens (including phenoxy) is 2. The van der Waals surface area contributed by atoms with E-state index in [1.54, 1.807) is 0 Å². The van der Waals surface area contributed by atoms with Crippen molar-refractivity contribution in [2.45, 2.75) is 37.5 Å². The summed E-state index contributed by atoms with van der Waals surface area (Å²) in [6, 6.07) is 1.44. The van der Waals surface area contributed by atoms with Crippen LogP contribution >= 0.6 is 0 Å². The van der Waals surface area contributed by atoms with Gasteiger partial charge >= 0.3 is 6.09 Å². The zero-order valence-electron chi connectivity index (χ0n) is 11.1. The van der Waals surface area contributed by atoms with Crippen molar-refractivity contribution in [1.82, 2.24) is 4.98 Å². The number of aromatic nitrogens is 1. The molecule has 1 aliphatic carbocycles. The van der Waals surface area contributed by atoms with Gasteiger partial charge < -0.3 is 15.2 Å². The van der Waals surface area contributed by atoms with E-state index < -0.39 is 12.0 Å². The summed E-state index contributed by atoms with van der Waals surface area (Å²) >= 11 is 0. The molecular weight excluding hydrogens is 270 g/mol. The topological polar surface area (TPSA) is 74.4 Å². The van der Waals surface area contributed by atoms with Gasteiger partial charge in [-0.05, 0) is 18.8 Å². The number of pyridine rings is 1. The van der Waals surface area contributed by atoms with Crippen LogP contribution in [0.2, 0.25) is 0 Å². The van der Waals surface area contributed by atoms with Gasteiger partial charge in [0.05, 0.1) is 7.11 Å². The highest BCUT2D eigenvalue weighted by Crippen LogP contribution is 2.43. The molecule has 0 saturated heterocycles. The second-order valence-corrected chi connectivity index (χ2v) is 4.82. The Hall–Kier alpha value is -1.92. The third-order valence-corrected chi connectivity index (χ3v) is 3.45. The molecule has 20 heavy (non-hydrogen) atoms. The molecule has 1 amide bonds. The van der Waals surface area contributed by atoms with E-state index in [2.05, 4.69) is 9.72 Å². The molecular formula is C13H16F2N2O3. The third-order valence-electron chi connectivity index (χ3n) is 3.45. The number of halogens is 2. The Bertz CT molecular complexity index is 498. The number of carbonyl (C=O) groups excluding carboxylic acids is 1. The van der Waals surface area contributed by atoms with Crippen LogP contribution in [-0.2, 0) is 0 Å². The molecule has 2 N–H and O–H groups in total. The highest BCUT2D eigenvalue weighted by atomic mass is 19.3. The first kappa shape index (κ1) is 14.5. The Morgan fingerprint density at radius 3 is 2.65 bits per heavy atom. The molecule has 1 fully saturated rings. The van der Waals surface area contributed by atoms with E-state index in [1.807, 2.05) is 0 Å². The molecule has 0 unspecified atom stereocenters. The number of hydrogen-bond donors (Lipinski definition) is 1. The molecule has 1 aromatic heterocycles. The van der Waals surface area contributed by atoms with Gasteiger partial charge in [-0.2, -0.15) is 0 Å². The maximum absolute atomic E-state index is 13.2. The summed E-state index contributed by atoms with van der Waals surface area (Å²) in [5, 5.41) is 0. The molecule has 2 rings (SSSR count). The van der Waals surface area contributed by atoms with E-state index >= 15 is 0 Å². The minimum Gasteiger partial charge on any atom is -0.496 e. The van der Waals surface area contributed by atoms with Crippen LogP contribution in [0.5, 0.6) is 11.6 Å². The van der Waals surface area contributed by atoms with E-state index in [1.165, 1.54) is 19.4 Å². The summed E-state index contributed by atoms with van der Waals surface area (Å²) in [5.74, 6) is -2.11. The van der Waals surface area contributed by atoms with Crippen LogP contribution in [0.15, 0.2) is 12.3 Å². The average Bonchev–Trinajstić information content (AvgIpc) is 2.38. The fraction of sp³-hybridized carbons (Fsp3) is 0.538. The SMILES string of the molecule is COc1cc(OC(N)=O)ncc1C1CCC(F)(F)CC1. The van der Waals surface area contributed by atoms with Crippen molar-refractivity contribution in [2.75, 3.05) is 7.11 Å². The van der Waals surface area contributed by atoms with Crippen LogP contribution in [0.3, 0.4) is 0 Å². The second-order valence-electron chi connectivity index (χ2n) is 4.82. The number of rotatable bonds is 3. The number of hydrogen-bond acceptors (Lipinski definition) is 4. The molecule has 110 valence electrons. The summed E-state index contributed by atoms with van der Waals surface area (Å²) in [7, 11) is 1.46. The van der Waals surface area contributed by atoms with Gasteiger partial charge in [-0.25, -0.2) is 18.6 Å². The van der Waals surface area contributed by atoms with Gasteiger partial charge in [-0.3, -0.25) is 0 Å². The van der Waals surface area contributed by atoms with Gasteiger partial charge in [0.2, 0.25) is 11.8 Å². The van der Waals surface area contributed by atoms with Crippen LogP contribution < -0.4 is 15.2 Å². The number of methoxy groups -OCH3 is 1. The lowest BCUT2D eigenvalue weighted by molar-refractivity contribution is -0.0383. The van der Waals surface area contributed by atoms with Crippen LogP contribution in [-0.4, -0.2) is 24.1 Å². The number of nitrogens with zero attached hydrogens (tertiary/aromatic N) is 1. The van der Waals surface area contributed by atoms with Crippen molar-refractivity contribution in [3.8, 4) is 11.6 Å². The molecule has 0 atom stereocenters. The van der Waals surface area contributed by atoms with Crippen LogP contribution in [0, 0.1) is 0 Å². The Labute approximate surface area is 115 Å². The second kappa shape index (κ2) is 5.60. The fourth-order valence-electron chi connectivity index (χ4n) is 2.42. The Morgan fingerprint density at radius 1 is 1.45 bits per heavy atom. The largest absolute Gasteiger partial charge is 0.496 e. The summed E-state index contributed by atoms with van der Waals surface area (Å²) < 4.78 is 36.2. The quantitative estimate of drug-likeness (QED) is 0.927. The van der Waals surface area contributed by atoms with Crippen molar-refractivity contribution in [3.05, 3.63) is 17.8 Å². The molecule has 0 aromatic carbocycles. The lowest BCUT2D eigenvalue weighted by atomic mass is 9.82. The first-order chi connectivity index (χ1) is 9.41. The Kier molecular flexibility index (Phi) is 4.06. The fourth-order valence-corrected chi connectivity index (χ4v) is 2.42. The molecule has 0 radical (unpaired) electrons. The first-order valence-corrected chi connectivity index (χ1v) is 6.30. The van der Waals surface area contributed by atoms with Crippen molar-refractivity contribution in [3.63, 3.8) is 0 Å². The molecule has 0 aliphatic heterocycles. The van der Waals surface area contributed by atoms with Crippen molar-refractivity contribution in [2.24, 2.45) is 5.73 Å². The number of carbonyl (C=O) groups is 1. The van der Waals surface area contributed by atoms with E-state index in [0.717, 1.165) is 5.56 Å². The van der Waals surface area contributed by atoms with E-state index in [4.69, 9.17) is 10.5 Å². The van der Waals surface area contributed by atoms with Gasteiger partial charge in [0.25, 0.3) is 0 Å². The zero-order chi connectivity index (χ0) is 14.8. The minimum atomic E-state index is -2.58. The standard InChI is InChI=1S/C13H16F2N2O3/c1-19-10-6-11(20-12(16)18)17-7-9(10)8-2-4-13(14,15)5-3-8/h6-8H,2-5H2,1H3,(H2,16,18). The summed E-state index contributed by atoms with van der Waals surface area (Å²) in [5.41, 5.74) is 5.65. The molecule has 1 aliphatic rings. The lowest BCUT2D eigenvalue weighted by Crippen LogP contribution is -2.24. The van der Waals surface area contributed by atoms with E-state index in [-0.39, 0.29) is 24.6 Å². The van der Waals surface area contributed by atoms with E-state index in [9.17, 15) is 13.6 Å². The predicted octanol–water partition coefficient (Wildman–Crippen LogP) is 2.84. The highest BCUT2D eigenvalue weighted by Gasteiger charge is 2.36. The van der Waals surface area contributed by atoms with Crippen molar-refractivity contribution >= 4 is 6.09 Å². The normalized spacial score (nSPS) is 18.6. The molecule has 7 heteroatoms. The summed E-state index contributed by atoms with van der Waals surface area (Å²) in [6.07, 6.45) is 0.998. The van der Waals surface area contributed by atoms with Crippen LogP contribution in [0.25, 0.3) is 0 Å². The number of primary amides is 1. The molecule has 5 nitrogen and oxygen atoms in total. The molecule has 1 aromatic rings. The van der Waals surface area contributed by atoms with Crippen LogP contribution in [0.4, 0.5) is 13.6 Å².